The summed E-state index contributed by atoms with van der Waals surface area (Å²) in [6, 6.07) is 22.8. The molecule has 218 valence electrons. The van der Waals surface area contributed by atoms with Crippen LogP contribution in [0, 0.1) is 0 Å². The van der Waals surface area contributed by atoms with Gasteiger partial charge in [-0.15, -0.1) is 0 Å². The van der Waals surface area contributed by atoms with Crippen LogP contribution in [0.1, 0.15) is 42.0 Å². The van der Waals surface area contributed by atoms with Crippen LogP contribution in [-0.4, -0.2) is 48.5 Å². The summed E-state index contributed by atoms with van der Waals surface area (Å²) in [5, 5.41) is 10.3. The van der Waals surface area contributed by atoms with E-state index in [1.807, 2.05) is 0 Å². The zero-order valence-corrected chi connectivity index (χ0v) is 22.7. The van der Waals surface area contributed by atoms with E-state index in [9.17, 15) is 19.2 Å². The lowest BCUT2D eigenvalue weighted by atomic mass is 10.2. The lowest BCUT2D eigenvalue weighted by Gasteiger charge is -2.09. The number of aromatic nitrogens is 5. The second-order valence-electron chi connectivity index (χ2n) is 8.94. The number of nitrogens with one attached hydrogen (secondary N) is 4. The number of rotatable bonds is 8. The molecular weight excluding hydrogens is 566 g/mol. The summed E-state index contributed by atoms with van der Waals surface area (Å²) >= 11 is 0. The van der Waals surface area contributed by atoms with Crippen molar-refractivity contribution in [3.05, 3.63) is 114 Å². The molecule has 0 saturated carbocycles. The maximum atomic E-state index is 12.9. The van der Waals surface area contributed by atoms with E-state index in [1.165, 1.54) is 48.5 Å². The number of anilines is 6. The first-order valence-electron chi connectivity index (χ1n) is 12.8. The number of nitrogens with zero attached hydrogens (tertiary/aromatic N) is 5. The molecule has 5 rings (SSSR count). The molecule has 5 aromatic rings. The van der Waals surface area contributed by atoms with E-state index in [-0.39, 0.29) is 57.7 Å². The normalized spacial score (nSPS) is 10.4. The monoisotopic (exact) mass is 589 g/mol. The van der Waals surface area contributed by atoms with Crippen molar-refractivity contribution in [2.45, 2.75) is 0 Å². The first-order valence-corrected chi connectivity index (χ1v) is 12.8. The highest BCUT2D eigenvalue weighted by molar-refractivity contribution is 6.07. The minimum Gasteiger partial charge on any atom is -0.384 e. The summed E-state index contributed by atoms with van der Waals surface area (Å²) in [5.74, 6) is -1.34. The van der Waals surface area contributed by atoms with Crippen LogP contribution in [0.5, 0.6) is 0 Å². The summed E-state index contributed by atoms with van der Waals surface area (Å²) in [6.45, 7) is 0. The number of hydrogen-bond acceptors (Lipinski definition) is 11. The third-order valence-electron chi connectivity index (χ3n) is 5.69. The van der Waals surface area contributed by atoms with E-state index >= 15 is 0 Å². The van der Waals surface area contributed by atoms with Gasteiger partial charge in [0, 0.05) is 0 Å². The molecule has 5 aromatic heterocycles. The Labute approximate surface area is 249 Å². The van der Waals surface area contributed by atoms with Crippen LogP contribution in [0.4, 0.5) is 34.9 Å². The Morgan fingerprint density at radius 1 is 0.386 bits per heavy atom. The molecule has 15 nitrogen and oxygen atoms in total. The molecule has 4 amide bonds. The van der Waals surface area contributed by atoms with E-state index in [2.05, 4.69) is 46.2 Å². The highest BCUT2D eigenvalue weighted by Gasteiger charge is 2.16. The standard InChI is InChI=1S/C29H23N11O4/c30-20-10-3-12-22(34-20)37-26(41)16-6-1-8-18(32-16)28(43)39-24-14-5-15-25(36-24)40-29(44)19-9-2-7-17(33-19)27(42)38-23-13-4-11-21(31)35-23/h1-15H,(H3,30,34,37,41)(H3,31,35,38,42)(H2,36,39,40,43,44). The van der Waals surface area contributed by atoms with Gasteiger partial charge in [0.15, 0.2) is 0 Å². The Morgan fingerprint density at radius 2 is 0.659 bits per heavy atom. The molecule has 8 N–H and O–H groups in total. The van der Waals surface area contributed by atoms with Crippen LogP contribution < -0.4 is 32.7 Å². The number of nitrogen functional groups attached to an aromatic ring is 2. The fourth-order valence-electron chi connectivity index (χ4n) is 3.71. The van der Waals surface area contributed by atoms with Gasteiger partial charge in [-0.3, -0.25) is 19.2 Å². The van der Waals surface area contributed by atoms with E-state index in [4.69, 9.17) is 11.5 Å². The summed E-state index contributed by atoms with van der Waals surface area (Å²) in [5.41, 5.74) is 11.1. The Hall–Kier alpha value is -6.77. The number of amides is 4. The summed E-state index contributed by atoms with van der Waals surface area (Å²) in [4.78, 5) is 71.4. The Morgan fingerprint density at radius 3 is 0.977 bits per heavy atom. The third kappa shape index (κ3) is 7.29. The summed E-state index contributed by atoms with van der Waals surface area (Å²) in [6.07, 6.45) is 0. The highest BCUT2D eigenvalue weighted by Crippen LogP contribution is 2.14. The van der Waals surface area contributed by atoms with Crippen LogP contribution in [0.25, 0.3) is 0 Å². The molecule has 5 heterocycles. The molecule has 0 radical (unpaired) electrons. The van der Waals surface area contributed by atoms with Gasteiger partial charge in [-0.2, -0.15) is 0 Å². The van der Waals surface area contributed by atoms with Crippen molar-refractivity contribution in [1.82, 2.24) is 24.9 Å². The van der Waals surface area contributed by atoms with E-state index in [0.29, 0.717) is 0 Å². The van der Waals surface area contributed by atoms with Gasteiger partial charge in [-0.05, 0) is 60.7 Å². The van der Waals surface area contributed by atoms with Crippen LogP contribution in [-0.2, 0) is 0 Å². The zero-order chi connectivity index (χ0) is 31.1. The number of carbonyl (C=O) groups excluding carboxylic acids is 4. The largest absolute Gasteiger partial charge is 0.384 e. The highest BCUT2D eigenvalue weighted by atomic mass is 16.2. The quantitative estimate of drug-likeness (QED) is 0.154. The first-order chi connectivity index (χ1) is 21.2. The fraction of sp³-hybridized carbons (Fsp3) is 0. The predicted octanol–water partition coefficient (Wildman–Crippen LogP) is 2.84. The van der Waals surface area contributed by atoms with Crippen molar-refractivity contribution in [3.63, 3.8) is 0 Å². The molecule has 0 bridgehead atoms. The van der Waals surface area contributed by atoms with E-state index in [1.54, 1.807) is 42.5 Å². The zero-order valence-electron chi connectivity index (χ0n) is 22.7. The lowest BCUT2D eigenvalue weighted by Crippen LogP contribution is -2.20. The SMILES string of the molecule is Nc1cccc(NC(=O)c2cccc(C(=O)Nc3cccc(NC(=O)c4cccc(C(=O)Nc5cccc(N)n5)n4)n3)n2)n1. The second kappa shape index (κ2) is 12.8. The van der Waals surface area contributed by atoms with Gasteiger partial charge in [0.2, 0.25) is 0 Å². The van der Waals surface area contributed by atoms with Crippen LogP contribution in [0.2, 0.25) is 0 Å². The van der Waals surface area contributed by atoms with Gasteiger partial charge < -0.3 is 32.7 Å². The van der Waals surface area contributed by atoms with Gasteiger partial charge in [-0.25, -0.2) is 24.9 Å². The Bertz CT molecular complexity index is 1770. The van der Waals surface area contributed by atoms with Gasteiger partial charge in [0.1, 0.15) is 57.7 Å². The van der Waals surface area contributed by atoms with Crippen molar-refractivity contribution in [2.24, 2.45) is 0 Å². The Balaban J connectivity index is 1.22. The molecule has 0 atom stereocenters. The Kier molecular flexibility index (Phi) is 8.37. The number of pyridine rings is 5. The van der Waals surface area contributed by atoms with E-state index < -0.39 is 23.6 Å². The van der Waals surface area contributed by atoms with Crippen molar-refractivity contribution in [1.29, 1.82) is 0 Å². The number of carbonyl (C=O) groups is 4. The summed E-state index contributed by atoms with van der Waals surface area (Å²) < 4.78 is 0. The smallest absolute Gasteiger partial charge is 0.275 e. The molecule has 0 aliphatic heterocycles. The van der Waals surface area contributed by atoms with Crippen molar-refractivity contribution < 1.29 is 19.2 Å². The number of nitrogens with two attached hydrogens (primary N) is 2. The molecule has 0 aromatic carbocycles. The minimum atomic E-state index is -0.646. The fourth-order valence-corrected chi connectivity index (χ4v) is 3.71. The molecule has 0 unspecified atom stereocenters. The van der Waals surface area contributed by atoms with Crippen LogP contribution in [0.3, 0.4) is 0 Å². The molecule has 0 fully saturated rings. The number of hydrogen-bond donors (Lipinski definition) is 6. The second-order valence-corrected chi connectivity index (χ2v) is 8.94. The minimum absolute atomic E-state index is 0.0246. The predicted molar refractivity (Wildman–Crippen MR) is 162 cm³/mol. The van der Waals surface area contributed by atoms with Gasteiger partial charge in [0.05, 0.1) is 0 Å². The molecule has 0 aliphatic carbocycles. The van der Waals surface area contributed by atoms with Gasteiger partial charge in [-0.1, -0.05) is 30.3 Å². The third-order valence-corrected chi connectivity index (χ3v) is 5.69. The van der Waals surface area contributed by atoms with Crippen LogP contribution in [0.15, 0.2) is 91.0 Å². The lowest BCUT2D eigenvalue weighted by molar-refractivity contribution is 0.0998. The van der Waals surface area contributed by atoms with Crippen LogP contribution >= 0.6 is 0 Å². The van der Waals surface area contributed by atoms with Crippen molar-refractivity contribution in [2.75, 3.05) is 32.7 Å². The van der Waals surface area contributed by atoms with Crippen molar-refractivity contribution in [3.8, 4) is 0 Å². The van der Waals surface area contributed by atoms with Gasteiger partial charge in [0.25, 0.3) is 23.6 Å². The molecule has 0 spiro atoms. The summed E-state index contributed by atoms with van der Waals surface area (Å²) in [7, 11) is 0. The molecule has 0 saturated heterocycles. The molecule has 0 aliphatic rings. The average molecular weight is 590 g/mol. The maximum absolute atomic E-state index is 12.9. The molecular formula is C29H23N11O4. The maximum Gasteiger partial charge on any atom is 0.275 e. The molecule has 44 heavy (non-hydrogen) atoms. The first kappa shape index (κ1) is 28.7. The topological polar surface area (TPSA) is 233 Å². The van der Waals surface area contributed by atoms with Crippen molar-refractivity contribution >= 4 is 58.5 Å². The van der Waals surface area contributed by atoms with E-state index in [0.717, 1.165) is 0 Å². The van der Waals surface area contributed by atoms with Gasteiger partial charge >= 0.3 is 0 Å². The molecule has 15 heteroatoms. The average Bonchev–Trinajstić information content (AvgIpc) is 3.01.